The molecule has 5 aromatic rings. The Morgan fingerprint density at radius 3 is 1.65 bits per heavy atom. The van der Waals surface area contributed by atoms with Gasteiger partial charge in [0.15, 0.2) is 11.6 Å². The first-order valence-electron chi connectivity index (χ1n) is 13.3. The number of para-hydroxylation sites is 4. The van der Waals surface area contributed by atoms with Gasteiger partial charge in [0.25, 0.3) is 0 Å². The number of fused-ring (bicyclic) bond motifs is 3. The monoisotopic (exact) mass is 521 g/mol. The van der Waals surface area contributed by atoms with Crippen LogP contribution < -0.4 is 20.4 Å². The third kappa shape index (κ3) is 3.70. The van der Waals surface area contributed by atoms with Gasteiger partial charge in [-0.1, -0.05) is 60.7 Å². The van der Waals surface area contributed by atoms with Crippen LogP contribution in [0.25, 0.3) is 17.1 Å². The SMILES string of the molecule is Cc1cccc(C)c1N1C(=C/C=c2/cccc3c2=NN=N3)N(c2c(C)cccc2C)c2nc3ccccc3nc21. The molecule has 40 heavy (non-hydrogen) atoms. The van der Waals surface area contributed by atoms with Crippen LogP contribution >= 0.6 is 0 Å². The van der Waals surface area contributed by atoms with Gasteiger partial charge in [-0.15, -0.1) is 10.2 Å². The maximum absolute atomic E-state index is 5.21. The second kappa shape index (κ2) is 9.24. The van der Waals surface area contributed by atoms with E-state index in [-0.39, 0.29) is 0 Å². The van der Waals surface area contributed by atoms with E-state index in [2.05, 4.69) is 101 Å². The molecule has 0 aliphatic carbocycles. The molecule has 2 aliphatic rings. The second-order valence-corrected chi connectivity index (χ2v) is 10.2. The van der Waals surface area contributed by atoms with E-state index in [0.29, 0.717) is 0 Å². The molecule has 0 spiro atoms. The first-order valence-corrected chi connectivity index (χ1v) is 13.3. The summed E-state index contributed by atoms with van der Waals surface area (Å²) in [5.41, 5.74) is 9.29. The highest BCUT2D eigenvalue weighted by atomic mass is 15.5. The normalized spacial score (nSPS) is 14.1. The third-order valence-corrected chi connectivity index (χ3v) is 7.50. The predicted octanol–water partition coefficient (Wildman–Crippen LogP) is 7.11. The molecule has 7 rings (SSSR count). The van der Waals surface area contributed by atoms with Gasteiger partial charge in [0.2, 0.25) is 0 Å². The van der Waals surface area contributed by atoms with Crippen molar-refractivity contribution in [3.63, 3.8) is 0 Å². The summed E-state index contributed by atoms with van der Waals surface area (Å²) in [6, 6.07) is 26.8. The lowest BCUT2D eigenvalue weighted by atomic mass is 10.1. The van der Waals surface area contributed by atoms with Crippen LogP contribution in [0.5, 0.6) is 0 Å². The first-order chi connectivity index (χ1) is 19.5. The average Bonchev–Trinajstić information content (AvgIpc) is 3.54. The van der Waals surface area contributed by atoms with Crippen molar-refractivity contribution in [2.24, 2.45) is 15.4 Å². The van der Waals surface area contributed by atoms with Crippen molar-refractivity contribution in [1.82, 2.24) is 9.97 Å². The Morgan fingerprint density at radius 1 is 0.575 bits per heavy atom. The molecule has 7 heteroatoms. The van der Waals surface area contributed by atoms with E-state index in [1.54, 1.807) is 0 Å². The minimum atomic E-state index is 0.772. The van der Waals surface area contributed by atoms with Crippen LogP contribution in [-0.4, -0.2) is 9.97 Å². The summed E-state index contributed by atoms with van der Waals surface area (Å²) in [6.45, 7) is 8.58. The summed E-state index contributed by atoms with van der Waals surface area (Å²) in [5, 5.41) is 14.0. The van der Waals surface area contributed by atoms with E-state index in [4.69, 9.17) is 9.97 Å². The highest BCUT2D eigenvalue weighted by Crippen LogP contribution is 2.51. The van der Waals surface area contributed by atoms with Crippen molar-refractivity contribution in [2.75, 3.05) is 9.80 Å². The van der Waals surface area contributed by atoms with Crippen molar-refractivity contribution in [3.05, 3.63) is 124 Å². The largest absolute Gasteiger partial charge is 0.276 e. The van der Waals surface area contributed by atoms with E-state index in [9.17, 15) is 0 Å². The molecular weight excluding hydrogens is 494 g/mol. The summed E-state index contributed by atoms with van der Waals surface area (Å²) in [7, 11) is 0. The number of anilines is 4. The maximum Gasteiger partial charge on any atom is 0.183 e. The summed E-state index contributed by atoms with van der Waals surface area (Å²) < 4.78 is 0. The summed E-state index contributed by atoms with van der Waals surface area (Å²) in [5.74, 6) is 2.53. The van der Waals surface area contributed by atoms with Gasteiger partial charge in [0.1, 0.15) is 16.9 Å². The zero-order valence-electron chi connectivity index (χ0n) is 22.8. The fraction of sp³-hybridized carbons (Fsp3) is 0.121. The summed E-state index contributed by atoms with van der Waals surface area (Å²) >= 11 is 0. The minimum absolute atomic E-state index is 0.772. The molecule has 0 saturated carbocycles. The Balaban J connectivity index is 1.59. The molecule has 2 aliphatic heterocycles. The van der Waals surface area contributed by atoms with E-state index >= 15 is 0 Å². The van der Waals surface area contributed by atoms with Crippen LogP contribution in [0.3, 0.4) is 0 Å². The average molecular weight is 522 g/mol. The first kappa shape index (κ1) is 23.9. The molecule has 0 bridgehead atoms. The number of nitrogens with zero attached hydrogens (tertiary/aromatic N) is 7. The lowest BCUT2D eigenvalue weighted by Gasteiger charge is -2.28. The van der Waals surface area contributed by atoms with E-state index in [1.807, 2.05) is 42.5 Å². The standard InChI is InChI=1S/C33H27N7/c1-20-10-7-11-21(2)30(20)39-28(19-18-24-14-9-17-27-29(24)37-38-36-27)40(31-22(3)12-8-13-23(31)4)33-32(39)34-25-15-5-6-16-26(25)35-33/h5-19H,1-4H3/b24-18-. The molecule has 0 radical (unpaired) electrons. The number of hydrogen-bond acceptors (Lipinski definition) is 7. The number of allylic oxidation sites excluding steroid dienone is 1. The second-order valence-electron chi connectivity index (χ2n) is 10.2. The molecule has 0 fully saturated rings. The fourth-order valence-corrected chi connectivity index (χ4v) is 5.66. The number of rotatable bonds is 3. The Morgan fingerprint density at radius 2 is 1.10 bits per heavy atom. The Hall–Kier alpha value is -5.17. The molecule has 7 nitrogen and oxygen atoms in total. The molecule has 4 aromatic carbocycles. The maximum atomic E-state index is 5.21. The van der Waals surface area contributed by atoms with Crippen LogP contribution in [-0.2, 0) is 0 Å². The van der Waals surface area contributed by atoms with Gasteiger partial charge in [0, 0.05) is 5.22 Å². The third-order valence-electron chi connectivity index (χ3n) is 7.50. The Bertz CT molecular complexity index is 1880. The van der Waals surface area contributed by atoms with Crippen LogP contribution in [0.2, 0.25) is 0 Å². The molecule has 0 unspecified atom stereocenters. The zero-order chi connectivity index (χ0) is 27.4. The highest BCUT2D eigenvalue weighted by molar-refractivity contribution is 5.95. The van der Waals surface area contributed by atoms with Crippen molar-refractivity contribution in [2.45, 2.75) is 27.7 Å². The smallest absolute Gasteiger partial charge is 0.183 e. The molecule has 0 saturated heterocycles. The zero-order valence-corrected chi connectivity index (χ0v) is 22.8. The summed E-state index contributed by atoms with van der Waals surface area (Å²) in [6.07, 6.45) is 4.22. The lowest BCUT2D eigenvalue weighted by Crippen LogP contribution is -2.26. The molecule has 3 heterocycles. The van der Waals surface area contributed by atoms with Crippen molar-refractivity contribution in [3.8, 4) is 0 Å². The number of aryl methyl sites for hydroxylation is 4. The van der Waals surface area contributed by atoms with Gasteiger partial charge in [-0.2, -0.15) is 0 Å². The quantitative estimate of drug-likeness (QED) is 0.254. The van der Waals surface area contributed by atoms with Crippen LogP contribution in [0, 0.1) is 27.7 Å². The van der Waals surface area contributed by atoms with Crippen LogP contribution in [0.15, 0.2) is 106 Å². The van der Waals surface area contributed by atoms with E-state index in [0.717, 1.165) is 78.4 Å². The van der Waals surface area contributed by atoms with Gasteiger partial charge >= 0.3 is 0 Å². The molecule has 1 aromatic heterocycles. The van der Waals surface area contributed by atoms with Gasteiger partial charge in [0.05, 0.1) is 22.4 Å². The minimum Gasteiger partial charge on any atom is -0.276 e. The molecule has 194 valence electrons. The molecule has 0 N–H and O–H groups in total. The molecule has 0 amide bonds. The Kier molecular flexibility index (Phi) is 5.52. The summed E-state index contributed by atoms with van der Waals surface area (Å²) in [4.78, 5) is 14.9. The highest BCUT2D eigenvalue weighted by Gasteiger charge is 2.38. The van der Waals surface area contributed by atoms with Gasteiger partial charge in [-0.25, -0.2) is 9.97 Å². The topological polar surface area (TPSA) is 69.3 Å². The lowest BCUT2D eigenvalue weighted by molar-refractivity contribution is 1.08. The van der Waals surface area contributed by atoms with Gasteiger partial charge < -0.3 is 0 Å². The predicted molar refractivity (Wildman–Crippen MR) is 160 cm³/mol. The van der Waals surface area contributed by atoms with Crippen molar-refractivity contribution < 1.29 is 0 Å². The Labute approximate surface area is 232 Å². The van der Waals surface area contributed by atoms with Crippen molar-refractivity contribution in [1.29, 1.82) is 0 Å². The molecule has 0 atom stereocenters. The van der Waals surface area contributed by atoms with Crippen LogP contribution in [0.1, 0.15) is 22.3 Å². The number of hydrogen-bond donors (Lipinski definition) is 0. The van der Waals surface area contributed by atoms with E-state index < -0.39 is 0 Å². The van der Waals surface area contributed by atoms with Gasteiger partial charge in [-0.3, -0.25) is 9.80 Å². The fourth-order valence-electron chi connectivity index (χ4n) is 5.66. The van der Waals surface area contributed by atoms with E-state index in [1.165, 1.54) is 0 Å². The number of benzene rings is 4. The van der Waals surface area contributed by atoms with Crippen LogP contribution in [0.4, 0.5) is 28.7 Å². The van der Waals surface area contributed by atoms with Crippen molar-refractivity contribution >= 4 is 45.8 Å². The number of aromatic nitrogens is 2. The molecular formula is C33H27N7. The van der Waals surface area contributed by atoms with Gasteiger partial charge in [-0.05, 0) is 85.5 Å².